The molecule has 2 aromatic rings. The van der Waals surface area contributed by atoms with Crippen molar-refractivity contribution in [2.75, 3.05) is 16.4 Å². The number of anilines is 3. The molecule has 5 heteroatoms. The molecule has 138 valence electrons. The summed E-state index contributed by atoms with van der Waals surface area (Å²) in [4.78, 5) is 24.0. The number of hydrogen-bond donors (Lipinski definition) is 3. The summed E-state index contributed by atoms with van der Waals surface area (Å²) in [6.45, 7) is 2.11. The summed E-state index contributed by atoms with van der Waals surface area (Å²) in [6, 6.07) is 14.8. The topological polar surface area (TPSA) is 84.2 Å². The number of unbranched alkanes of at least 4 members (excludes halogenated alkanes) is 2. The van der Waals surface area contributed by atoms with Gasteiger partial charge in [0.1, 0.15) is 0 Å². The fourth-order valence-corrected chi connectivity index (χ4v) is 2.60. The number of aryl methyl sites for hydroxylation is 1. The summed E-state index contributed by atoms with van der Waals surface area (Å²) in [6.07, 6.45) is 4.59. The number of benzene rings is 2. The van der Waals surface area contributed by atoms with Crippen LogP contribution in [0.25, 0.3) is 0 Å². The van der Waals surface area contributed by atoms with E-state index in [0.717, 1.165) is 24.8 Å². The highest BCUT2D eigenvalue weighted by molar-refractivity contribution is 5.94. The third-order valence-electron chi connectivity index (χ3n) is 4.06. The summed E-state index contributed by atoms with van der Waals surface area (Å²) < 4.78 is 0. The molecule has 0 heterocycles. The molecule has 0 saturated carbocycles. The number of carbonyl (C=O) groups is 2. The van der Waals surface area contributed by atoms with Gasteiger partial charge in [0.15, 0.2) is 0 Å². The monoisotopic (exact) mass is 353 g/mol. The maximum atomic E-state index is 12.1. The van der Waals surface area contributed by atoms with Crippen molar-refractivity contribution in [3.63, 3.8) is 0 Å². The maximum Gasteiger partial charge on any atom is 0.224 e. The van der Waals surface area contributed by atoms with Crippen molar-refractivity contribution < 1.29 is 9.59 Å². The van der Waals surface area contributed by atoms with Gasteiger partial charge in [-0.3, -0.25) is 9.59 Å². The largest absolute Gasteiger partial charge is 0.399 e. The Hall–Kier alpha value is -2.82. The van der Waals surface area contributed by atoms with Gasteiger partial charge in [0, 0.05) is 29.9 Å². The molecular formula is C21H27N3O2. The third kappa shape index (κ3) is 6.97. The molecule has 0 aliphatic rings. The molecule has 0 saturated heterocycles. The third-order valence-corrected chi connectivity index (χ3v) is 4.06. The first kappa shape index (κ1) is 19.5. The molecule has 0 atom stereocenters. The SMILES string of the molecule is CCCCCC(=O)Nc1cccc(NC(=O)CCc2ccc(N)cc2)c1. The lowest BCUT2D eigenvalue weighted by atomic mass is 10.1. The van der Waals surface area contributed by atoms with Crippen molar-refractivity contribution >= 4 is 28.9 Å². The Balaban J connectivity index is 1.82. The molecule has 4 N–H and O–H groups in total. The Kier molecular flexibility index (Phi) is 7.68. The summed E-state index contributed by atoms with van der Waals surface area (Å²) in [5.41, 5.74) is 8.82. The van der Waals surface area contributed by atoms with Gasteiger partial charge in [-0.15, -0.1) is 0 Å². The molecule has 2 rings (SSSR count). The summed E-state index contributed by atoms with van der Waals surface area (Å²) >= 11 is 0. The van der Waals surface area contributed by atoms with Crippen molar-refractivity contribution in [1.29, 1.82) is 0 Å². The van der Waals surface area contributed by atoms with E-state index >= 15 is 0 Å². The zero-order chi connectivity index (χ0) is 18.8. The number of hydrogen-bond acceptors (Lipinski definition) is 3. The standard InChI is InChI=1S/C21H27N3O2/c1-2-3-4-8-20(25)23-18-6-5-7-19(15-18)24-21(26)14-11-16-9-12-17(22)13-10-16/h5-7,9-10,12-13,15H,2-4,8,11,14,22H2,1H3,(H,23,25)(H,24,26). The molecule has 0 unspecified atom stereocenters. The summed E-state index contributed by atoms with van der Waals surface area (Å²) in [5, 5.41) is 5.75. The average Bonchev–Trinajstić information content (AvgIpc) is 2.62. The van der Waals surface area contributed by atoms with E-state index in [9.17, 15) is 9.59 Å². The van der Waals surface area contributed by atoms with Crippen LogP contribution in [0.3, 0.4) is 0 Å². The van der Waals surface area contributed by atoms with Crippen molar-refractivity contribution in [3.05, 3.63) is 54.1 Å². The van der Waals surface area contributed by atoms with Crippen molar-refractivity contribution in [3.8, 4) is 0 Å². The van der Waals surface area contributed by atoms with Gasteiger partial charge < -0.3 is 16.4 Å². The summed E-state index contributed by atoms with van der Waals surface area (Å²) in [5.74, 6) is -0.0569. The predicted molar refractivity (Wildman–Crippen MR) is 107 cm³/mol. The molecule has 0 radical (unpaired) electrons. The second kappa shape index (κ2) is 10.2. The Bertz CT molecular complexity index is 726. The van der Waals surface area contributed by atoms with E-state index in [1.165, 1.54) is 0 Å². The van der Waals surface area contributed by atoms with Crippen molar-refractivity contribution in [1.82, 2.24) is 0 Å². The molecule has 0 aliphatic carbocycles. The minimum absolute atomic E-state index is 0.00489. The smallest absolute Gasteiger partial charge is 0.224 e. The molecular weight excluding hydrogens is 326 g/mol. The van der Waals surface area contributed by atoms with E-state index in [1.54, 1.807) is 6.07 Å². The second-order valence-corrected chi connectivity index (χ2v) is 6.38. The molecule has 0 fully saturated rings. The van der Waals surface area contributed by atoms with Crippen LogP contribution < -0.4 is 16.4 Å². The molecule has 2 aromatic carbocycles. The number of nitrogens with one attached hydrogen (secondary N) is 2. The molecule has 0 aromatic heterocycles. The van der Waals surface area contributed by atoms with Crippen LogP contribution in [0.2, 0.25) is 0 Å². The van der Waals surface area contributed by atoms with Crippen LogP contribution >= 0.6 is 0 Å². The fraction of sp³-hybridized carbons (Fsp3) is 0.333. The van der Waals surface area contributed by atoms with Crippen molar-refractivity contribution in [2.45, 2.75) is 45.4 Å². The van der Waals surface area contributed by atoms with Crippen LogP contribution in [0.15, 0.2) is 48.5 Å². The van der Waals surface area contributed by atoms with Gasteiger partial charge in [0.05, 0.1) is 0 Å². The minimum Gasteiger partial charge on any atom is -0.399 e. The van der Waals surface area contributed by atoms with Gasteiger partial charge >= 0.3 is 0 Å². The Morgan fingerprint density at radius 2 is 1.50 bits per heavy atom. The molecule has 0 bridgehead atoms. The van der Waals surface area contributed by atoms with E-state index in [2.05, 4.69) is 17.6 Å². The highest BCUT2D eigenvalue weighted by Gasteiger charge is 2.06. The number of amides is 2. The first-order valence-electron chi connectivity index (χ1n) is 9.11. The van der Waals surface area contributed by atoms with Crippen LogP contribution in [0.5, 0.6) is 0 Å². The molecule has 0 spiro atoms. The maximum absolute atomic E-state index is 12.1. The van der Waals surface area contributed by atoms with Gasteiger partial charge in [-0.1, -0.05) is 38.0 Å². The van der Waals surface area contributed by atoms with E-state index in [-0.39, 0.29) is 11.8 Å². The van der Waals surface area contributed by atoms with Gasteiger partial charge in [-0.05, 0) is 48.7 Å². The highest BCUT2D eigenvalue weighted by atomic mass is 16.2. The van der Waals surface area contributed by atoms with Gasteiger partial charge in [-0.25, -0.2) is 0 Å². The number of nitrogen functional groups attached to an aromatic ring is 1. The zero-order valence-electron chi connectivity index (χ0n) is 15.3. The molecule has 0 aliphatic heterocycles. The zero-order valence-corrected chi connectivity index (χ0v) is 15.3. The van der Waals surface area contributed by atoms with Crippen LogP contribution in [0, 0.1) is 0 Å². The normalized spacial score (nSPS) is 10.3. The quantitative estimate of drug-likeness (QED) is 0.462. The van der Waals surface area contributed by atoms with E-state index in [0.29, 0.717) is 36.3 Å². The van der Waals surface area contributed by atoms with Gasteiger partial charge in [0.25, 0.3) is 0 Å². The molecule has 2 amide bonds. The van der Waals surface area contributed by atoms with Crippen LogP contribution in [0.1, 0.15) is 44.6 Å². The van der Waals surface area contributed by atoms with Crippen molar-refractivity contribution in [2.24, 2.45) is 0 Å². The summed E-state index contributed by atoms with van der Waals surface area (Å²) in [7, 11) is 0. The molecule has 5 nitrogen and oxygen atoms in total. The minimum atomic E-state index is -0.0618. The Labute approximate surface area is 155 Å². The van der Waals surface area contributed by atoms with E-state index in [1.807, 2.05) is 42.5 Å². The molecule has 26 heavy (non-hydrogen) atoms. The van der Waals surface area contributed by atoms with E-state index in [4.69, 9.17) is 5.73 Å². The lowest BCUT2D eigenvalue weighted by Crippen LogP contribution is -2.14. The number of rotatable bonds is 9. The Morgan fingerprint density at radius 3 is 2.12 bits per heavy atom. The first-order valence-corrected chi connectivity index (χ1v) is 9.11. The first-order chi connectivity index (χ1) is 12.6. The number of nitrogens with two attached hydrogens (primary N) is 1. The fourth-order valence-electron chi connectivity index (χ4n) is 2.60. The second-order valence-electron chi connectivity index (χ2n) is 6.38. The van der Waals surface area contributed by atoms with Crippen LogP contribution in [-0.4, -0.2) is 11.8 Å². The van der Waals surface area contributed by atoms with Gasteiger partial charge in [0.2, 0.25) is 11.8 Å². The highest BCUT2D eigenvalue weighted by Crippen LogP contribution is 2.16. The predicted octanol–water partition coefficient (Wildman–Crippen LogP) is 4.36. The lowest BCUT2D eigenvalue weighted by Gasteiger charge is -2.09. The lowest BCUT2D eigenvalue weighted by molar-refractivity contribution is -0.117. The van der Waals surface area contributed by atoms with E-state index < -0.39 is 0 Å². The number of carbonyl (C=O) groups excluding carboxylic acids is 2. The average molecular weight is 353 g/mol. The van der Waals surface area contributed by atoms with Crippen LogP contribution in [-0.2, 0) is 16.0 Å². The van der Waals surface area contributed by atoms with Crippen LogP contribution in [0.4, 0.5) is 17.1 Å². The van der Waals surface area contributed by atoms with Gasteiger partial charge in [-0.2, -0.15) is 0 Å². The Morgan fingerprint density at radius 1 is 0.885 bits per heavy atom.